The summed E-state index contributed by atoms with van der Waals surface area (Å²) in [5.74, 6) is -2.02. The standard InChI is InChI=1S/C18H18ClF4N3O2/c1-17(28,18(21,22)23)16(27)25-8-5-11(6-9-25)15-4-7-24-26(15)12-2-3-13(19)14(20)10-12/h2-4,7,10-11,28H,5-6,8-9H2,1H3/t17-/m1/s1. The maximum Gasteiger partial charge on any atom is 0.426 e. The highest BCUT2D eigenvalue weighted by molar-refractivity contribution is 6.30. The third-order valence-electron chi connectivity index (χ3n) is 4.99. The molecule has 0 unspecified atom stereocenters. The summed E-state index contributed by atoms with van der Waals surface area (Å²) in [5.41, 5.74) is -2.18. The zero-order valence-corrected chi connectivity index (χ0v) is 15.6. The third-order valence-corrected chi connectivity index (χ3v) is 5.30. The molecular formula is C18H18ClF4N3O2. The Morgan fingerprint density at radius 1 is 1.25 bits per heavy atom. The zero-order chi connectivity index (χ0) is 20.7. The van der Waals surface area contributed by atoms with E-state index in [9.17, 15) is 27.5 Å². The van der Waals surface area contributed by atoms with Gasteiger partial charge in [-0.3, -0.25) is 4.79 Å². The lowest BCUT2D eigenvalue weighted by atomic mass is 9.92. The number of aliphatic hydroxyl groups is 1. The lowest BCUT2D eigenvalue weighted by molar-refractivity contribution is -0.250. The van der Waals surface area contributed by atoms with Crippen LogP contribution in [0, 0.1) is 5.82 Å². The van der Waals surface area contributed by atoms with Gasteiger partial charge in [-0.2, -0.15) is 18.3 Å². The van der Waals surface area contributed by atoms with Crippen molar-refractivity contribution in [1.82, 2.24) is 14.7 Å². The lowest BCUT2D eigenvalue weighted by Gasteiger charge is -2.36. The Balaban J connectivity index is 1.74. The van der Waals surface area contributed by atoms with Crippen LogP contribution in [0.1, 0.15) is 31.4 Å². The minimum absolute atomic E-state index is 0.0130. The largest absolute Gasteiger partial charge is 0.426 e. The van der Waals surface area contributed by atoms with Gasteiger partial charge in [-0.05, 0) is 38.0 Å². The molecule has 1 aromatic carbocycles. The van der Waals surface area contributed by atoms with Gasteiger partial charge in [0.1, 0.15) is 5.82 Å². The van der Waals surface area contributed by atoms with Crippen molar-refractivity contribution < 1.29 is 27.5 Å². The van der Waals surface area contributed by atoms with Crippen molar-refractivity contribution in [3.05, 3.63) is 47.0 Å². The van der Waals surface area contributed by atoms with Crippen LogP contribution in [-0.2, 0) is 4.79 Å². The van der Waals surface area contributed by atoms with Gasteiger partial charge in [-0.15, -0.1) is 0 Å². The summed E-state index contributed by atoms with van der Waals surface area (Å²) in [6.45, 7) is 0.595. The van der Waals surface area contributed by atoms with Gasteiger partial charge >= 0.3 is 6.18 Å². The minimum Gasteiger partial charge on any atom is -0.373 e. The van der Waals surface area contributed by atoms with Crippen molar-refractivity contribution in [2.75, 3.05) is 13.1 Å². The van der Waals surface area contributed by atoms with E-state index < -0.39 is 23.5 Å². The number of likely N-dealkylation sites (tertiary alicyclic amines) is 1. The van der Waals surface area contributed by atoms with Crippen LogP contribution in [-0.4, -0.2) is 50.6 Å². The molecule has 1 saturated heterocycles. The summed E-state index contributed by atoms with van der Waals surface area (Å²) < 4.78 is 54.0. The van der Waals surface area contributed by atoms with E-state index in [1.807, 2.05) is 0 Å². The van der Waals surface area contributed by atoms with E-state index in [4.69, 9.17) is 11.6 Å². The maximum absolute atomic E-state index is 13.8. The Kier molecular flexibility index (Phi) is 5.42. The molecule has 1 aromatic heterocycles. The van der Waals surface area contributed by atoms with E-state index in [1.54, 1.807) is 23.0 Å². The predicted molar refractivity (Wildman–Crippen MR) is 93.8 cm³/mol. The first-order valence-corrected chi connectivity index (χ1v) is 8.98. The number of amides is 1. The maximum atomic E-state index is 13.8. The summed E-state index contributed by atoms with van der Waals surface area (Å²) in [5, 5.41) is 13.8. The van der Waals surface area contributed by atoms with Gasteiger partial charge in [0.2, 0.25) is 5.60 Å². The highest BCUT2D eigenvalue weighted by Gasteiger charge is 2.57. The van der Waals surface area contributed by atoms with Crippen LogP contribution in [0.3, 0.4) is 0 Å². The molecule has 0 aliphatic carbocycles. The highest BCUT2D eigenvalue weighted by atomic mass is 35.5. The van der Waals surface area contributed by atoms with Crippen LogP contribution in [0.2, 0.25) is 5.02 Å². The number of rotatable bonds is 3. The zero-order valence-electron chi connectivity index (χ0n) is 14.9. The number of hydrogen-bond acceptors (Lipinski definition) is 3. The van der Waals surface area contributed by atoms with Crippen LogP contribution in [0.4, 0.5) is 17.6 Å². The van der Waals surface area contributed by atoms with E-state index in [0.717, 1.165) is 10.6 Å². The van der Waals surface area contributed by atoms with Crippen LogP contribution < -0.4 is 0 Å². The number of hydrogen-bond donors (Lipinski definition) is 1. The molecule has 2 aromatic rings. The molecule has 152 valence electrons. The summed E-state index contributed by atoms with van der Waals surface area (Å²) in [4.78, 5) is 13.1. The van der Waals surface area contributed by atoms with Gasteiger partial charge in [0.25, 0.3) is 5.91 Å². The van der Waals surface area contributed by atoms with Crippen LogP contribution in [0.5, 0.6) is 0 Å². The second kappa shape index (κ2) is 7.36. The lowest BCUT2D eigenvalue weighted by Crippen LogP contribution is -2.57. The molecule has 1 fully saturated rings. The fourth-order valence-corrected chi connectivity index (χ4v) is 3.38. The normalized spacial score (nSPS) is 18.2. The number of carbonyl (C=O) groups excluding carboxylic acids is 1. The molecule has 1 aliphatic heterocycles. The molecule has 3 rings (SSSR count). The second-order valence-electron chi connectivity index (χ2n) is 6.90. The second-order valence-corrected chi connectivity index (χ2v) is 7.31. The van der Waals surface area contributed by atoms with Crippen molar-refractivity contribution in [1.29, 1.82) is 0 Å². The number of halogens is 5. The van der Waals surface area contributed by atoms with E-state index in [1.165, 1.54) is 12.1 Å². The van der Waals surface area contributed by atoms with Crippen molar-refractivity contribution in [2.45, 2.75) is 37.5 Å². The van der Waals surface area contributed by atoms with Crippen molar-refractivity contribution in [3.63, 3.8) is 0 Å². The molecule has 0 spiro atoms. The first kappa shape index (κ1) is 20.6. The molecule has 1 N–H and O–H groups in total. The van der Waals surface area contributed by atoms with E-state index in [2.05, 4.69) is 5.10 Å². The Morgan fingerprint density at radius 3 is 2.46 bits per heavy atom. The Hall–Kier alpha value is -2.13. The smallest absolute Gasteiger partial charge is 0.373 e. The minimum atomic E-state index is -5.04. The molecule has 0 saturated carbocycles. The van der Waals surface area contributed by atoms with Crippen LogP contribution in [0.25, 0.3) is 5.69 Å². The summed E-state index contributed by atoms with van der Waals surface area (Å²) in [7, 11) is 0. The van der Waals surface area contributed by atoms with Gasteiger partial charge in [0.15, 0.2) is 0 Å². The van der Waals surface area contributed by atoms with E-state index >= 15 is 0 Å². The predicted octanol–water partition coefficient (Wildman–Crippen LogP) is 3.68. The fourth-order valence-electron chi connectivity index (χ4n) is 3.26. The molecule has 0 radical (unpaired) electrons. The molecule has 10 heteroatoms. The Bertz CT molecular complexity index is 874. The van der Waals surface area contributed by atoms with Gasteiger partial charge in [-0.25, -0.2) is 9.07 Å². The summed E-state index contributed by atoms with van der Waals surface area (Å²) in [6, 6.07) is 6.03. The number of nitrogens with zero attached hydrogens (tertiary/aromatic N) is 3. The van der Waals surface area contributed by atoms with Crippen LogP contribution in [0.15, 0.2) is 30.5 Å². The molecule has 2 heterocycles. The summed E-state index contributed by atoms with van der Waals surface area (Å²) >= 11 is 5.70. The molecule has 1 atom stereocenters. The number of alkyl halides is 3. The summed E-state index contributed by atoms with van der Waals surface area (Å²) in [6.07, 6.45) is -2.71. The highest BCUT2D eigenvalue weighted by Crippen LogP contribution is 2.35. The molecule has 5 nitrogen and oxygen atoms in total. The fraction of sp³-hybridized carbons (Fsp3) is 0.444. The number of aromatic nitrogens is 2. The Labute approximate surface area is 163 Å². The monoisotopic (exact) mass is 419 g/mol. The molecular weight excluding hydrogens is 402 g/mol. The average Bonchev–Trinajstić information content (AvgIpc) is 3.12. The van der Waals surface area contributed by atoms with Gasteiger partial charge < -0.3 is 10.0 Å². The van der Waals surface area contributed by atoms with Crippen molar-refractivity contribution in [3.8, 4) is 5.69 Å². The van der Waals surface area contributed by atoms with Crippen molar-refractivity contribution in [2.24, 2.45) is 0 Å². The van der Waals surface area contributed by atoms with Gasteiger partial charge in [0.05, 0.1) is 10.7 Å². The van der Waals surface area contributed by atoms with Crippen LogP contribution >= 0.6 is 11.6 Å². The van der Waals surface area contributed by atoms with Crippen molar-refractivity contribution >= 4 is 17.5 Å². The molecule has 1 aliphatic rings. The molecule has 28 heavy (non-hydrogen) atoms. The van der Waals surface area contributed by atoms with E-state index in [-0.39, 0.29) is 24.0 Å². The first-order chi connectivity index (χ1) is 13.0. The quantitative estimate of drug-likeness (QED) is 0.772. The number of carbonyl (C=O) groups is 1. The number of benzene rings is 1. The molecule has 1 amide bonds. The SMILES string of the molecule is C[C@@](O)(C(=O)N1CCC(c2ccnn2-c2ccc(Cl)c(F)c2)CC1)C(F)(F)F. The average molecular weight is 420 g/mol. The van der Waals surface area contributed by atoms with Gasteiger partial charge in [0, 0.05) is 37.0 Å². The number of piperidine rings is 1. The van der Waals surface area contributed by atoms with Gasteiger partial charge in [-0.1, -0.05) is 11.6 Å². The first-order valence-electron chi connectivity index (χ1n) is 8.60. The van der Waals surface area contributed by atoms with E-state index in [0.29, 0.717) is 25.5 Å². The molecule has 0 bridgehead atoms. The third kappa shape index (κ3) is 3.73. The topological polar surface area (TPSA) is 58.4 Å². The Morgan fingerprint density at radius 2 is 1.89 bits per heavy atom.